The molecule has 0 bridgehead atoms. The number of hydrogen-bond acceptors (Lipinski definition) is 4. The lowest BCUT2D eigenvalue weighted by Gasteiger charge is -2.36. The van der Waals surface area contributed by atoms with Gasteiger partial charge in [-0.05, 0) is 67.1 Å². The molecule has 0 aliphatic carbocycles. The molecule has 1 N–H and O–H groups in total. The molecule has 1 fully saturated rings. The van der Waals surface area contributed by atoms with Crippen molar-refractivity contribution in [2.45, 2.75) is 25.8 Å². The fourth-order valence-corrected chi connectivity index (χ4v) is 4.26. The Morgan fingerprint density at radius 1 is 1.33 bits per heavy atom. The minimum atomic E-state index is -0.0650. The van der Waals surface area contributed by atoms with Crippen LogP contribution in [0.3, 0.4) is 0 Å². The fraction of sp³-hybridized carbons (Fsp3) is 0.409. The zero-order valence-electron chi connectivity index (χ0n) is 16.1. The van der Waals surface area contributed by atoms with Gasteiger partial charge < -0.3 is 10.1 Å². The van der Waals surface area contributed by atoms with Crippen LogP contribution in [-0.2, 0) is 4.79 Å². The highest BCUT2D eigenvalue weighted by Crippen LogP contribution is 2.29. The Kier molecular flexibility index (Phi) is 7.07. The number of nitrogens with zero attached hydrogens (tertiary/aromatic N) is 1. The van der Waals surface area contributed by atoms with Crippen molar-refractivity contribution in [2.24, 2.45) is 5.92 Å². The SMILES string of the molecule is COc1cccc(/C=C/C(=O)NCC(c2cccs2)N2CCC(C)CC2)c1. The number of benzene rings is 1. The highest BCUT2D eigenvalue weighted by molar-refractivity contribution is 7.10. The van der Waals surface area contributed by atoms with Gasteiger partial charge >= 0.3 is 0 Å². The molecule has 1 unspecified atom stereocenters. The van der Waals surface area contributed by atoms with Gasteiger partial charge in [0.15, 0.2) is 0 Å². The molecule has 1 aliphatic rings. The molecule has 1 amide bonds. The number of carbonyl (C=O) groups is 1. The standard InChI is InChI=1S/C22H28N2O2S/c1-17-10-12-24(13-11-17)20(21-7-4-14-27-21)16-23-22(25)9-8-18-5-3-6-19(15-18)26-2/h3-9,14-15,17,20H,10-13,16H2,1-2H3,(H,23,25)/b9-8+. The molecule has 2 heterocycles. The van der Waals surface area contributed by atoms with Crippen LogP contribution in [0.15, 0.2) is 47.9 Å². The number of methoxy groups -OCH3 is 1. The van der Waals surface area contributed by atoms with E-state index in [1.54, 1.807) is 24.5 Å². The molecule has 144 valence electrons. The first-order chi connectivity index (χ1) is 13.2. The normalized spacial score (nSPS) is 17.1. The van der Waals surface area contributed by atoms with E-state index in [1.165, 1.54) is 17.7 Å². The van der Waals surface area contributed by atoms with Crippen molar-refractivity contribution in [3.8, 4) is 5.75 Å². The van der Waals surface area contributed by atoms with Gasteiger partial charge in [-0.25, -0.2) is 0 Å². The first-order valence-electron chi connectivity index (χ1n) is 9.53. The second kappa shape index (κ2) is 9.72. The van der Waals surface area contributed by atoms with Gasteiger partial charge in [0.1, 0.15) is 5.75 Å². The Hall–Kier alpha value is -2.11. The molecule has 1 aliphatic heterocycles. The smallest absolute Gasteiger partial charge is 0.244 e. The summed E-state index contributed by atoms with van der Waals surface area (Å²) in [7, 11) is 1.64. The Bertz CT molecular complexity index is 749. The molecule has 1 atom stereocenters. The van der Waals surface area contributed by atoms with E-state index in [0.717, 1.165) is 30.3 Å². The summed E-state index contributed by atoms with van der Waals surface area (Å²) in [6, 6.07) is 12.2. The first-order valence-corrected chi connectivity index (χ1v) is 10.4. The van der Waals surface area contributed by atoms with Crippen LogP contribution in [0, 0.1) is 5.92 Å². The van der Waals surface area contributed by atoms with Crippen LogP contribution in [-0.4, -0.2) is 37.6 Å². The van der Waals surface area contributed by atoms with Gasteiger partial charge in [-0.15, -0.1) is 11.3 Å². The lowest BCUT2D eigenvalue weighted by molar-refractivity contribution is -0.116. The van der Waals surface area contributed by atoms with Crippen LogP contribution in [0.5, 0.6) is 5.75 Å². The zero-order valence-corrected chi connectivity index (χ0v) is 16.9. The number of nitrogens with one attached hydrogen (secondary N) is 1. The van der Waals surface area contributed by atoms with Gasteiger partial charge in [-0.1, -0.05) is 25.1 Å². The van der Waals surface area contributed by atoms with Crippen molar-refractivity contribution in [3.63, 3.8) is 0 Å². The third-order valence-electron chi connectivity index (χ3n) is 5.12. The molecule has 27 heavy (non-hydrogen) atoms. The first kappa shape index (κ1) is 19.6. The number of likely N-dealkylation sites (tertiary alicyclic amines) is 1. The summed E-state index contributed by atoms with van der Waals surface area (Å²) in [5.74, 6) is 1.52. The highest BCUT2D eigenvalue weighted by atomic mass is 32.1. The lowest BCUT2D eigenvalue weighted by Crippen LogP contribution is -2.41. The lowest BCUT2D eigenvalue weighted by atomic mass is 9.97. The molecular formula is C22H28N2O2S. The Morgan fingerprint density at radius 2 is 2.15 bits per heavy atom. The van der Waals surface area contributed by atoms with E-state index >= 15 is 0 Å². The monoisotopic (exact) mass is 384 g/mol. The minimum Gasteiger partial charge on any atom is -0.497 e. The number of carbonyl (C=O) groups excluding carboxylic acids is 1. The van der Waals surface area contributed by atoms with E-state index in [0.29, 0.717) is 6.54 Å². The van der Waals surface area contributed by atoms with Crippen LogP contribution in [0.2, 0.25) is 0 Å². The number of thiophene rings is 1. The van der Waals surface area contributed by atoms with Crippen molar-refractivity contribution in [1.82, 2.24) is 10.2 Å². The maximum atomic E-state index is 12.3. The maximum absolute atomic E-state index is 12.3. The Balaban J connectivity index is 1.59. The molecule has 4 nitrogen and oxygen atoms in total. The Morgan fingerprint density at radius 3 is 2.85 bits per heavy atom. The third kappa shape index (κ3) is 5.68. The topological polar surface area (TPSA) is 41.6 Å². The quantitative estimate of drug-likeness (QED) is 0.721. The van der Waals surface area contributed by atoms with Crippen LogP contribution in [0.4, 0.5) is 0 Å². The molecule has 1 saturated heterocycles. The average molecular weight is 385 g/mol. The summed E-state index contributed by atoms with van der Waals surface area (Å²) in [5.41, 5.74) is 0.948. The van der Waals surface area contributed by atoms with E-state index in [-0.39, 0.29) is 11.9 Å². The number of rotatable bonds is 7. The van der Waals surface area contributed by atoms with E-state index in [2.05, 4.69) is 34.7 Å². The second-order valence-corrected chi connectivity index (χ2v) is 8.08. The minimum absolute atomic E-state index is 0.0650. The average Bonchev–Trinajstić information content (AvgIpc) is 3.22. The van der Waals surface area contributed by atoms with Gasteiger partial charge in [0.25, 0.3) is 0 Å². The molecule has 2 aromatic rings. The molecule has 0 radical (unpaired) electrons. The van der Waals surface area contributed by atoms with Crippen LogP contribution < -0.4 is 10.1 Å². The van der Waals surface area contributed by atoms with Crippen molar-refractivity contribution in [1.29, 1.82) is 0 Å². The second-order valence-electron chi connectivity index (χ2n) is 7.10. The van der Waals surface area contributed by atoms with E-state index < -0.39 is 0 Å². The molecule has 0 spiro atoms. The highest BCUT2D eigenvalue weighted by Gasteiger charge is 2.25. The number of piperidine rings is 1. The van der Waals surface area contributed by atoms with Gasteiger partial charge in [0.05, 0.1) is 13.2 Å². The summed E-state index contributed by atoms with van der Waals surface area (Å²) < 4.78 is 5.22. The third-order valence-corrected chi connectivity index (χ3v) is 6.09. The summed E-state index contributed by atoms with van der Waals surface area (Å²) in [6.07, 6.45) is 5.87. The fourth-order valence-electron chi connectivity index (χ4n) is 3.40. The van der Waals surface area contributed by atoms with Crippen molar-refractivity contribution < 1.29 is 9.53 Å². The van der Waals surface area contributed by atoms with Crippen LogP contribution in [0.1, 0.15) is 36.2 Å². The summed E-state index contributed by atoms with van der Waals surface area (Å²) in [4.78, 5) is 16.2. The van der Waals surface area contributed by atoms with Crippen LogP contribution >= 0.6 is 11.3 Å². The predicted octanol–water partition coefficient (Wildman–Crippen LogP) is 4.36. The maximum Gasteiger partial charge on any atom is 0.244 e. The van der Waals surface area contributed by atoms with Gasteiger partial charge in [-0.2, -0.15) is 0 Å². The number of ether oxygens (including phenoxy) is 1. The molecule has 3 rings (SSSR count). The van der Waals surface area contributed by atoms with Crippen LogP contribution in [0.25, 0.3) is 6.08 Å². The number of amides is 1. The molecule has 0 saturated carbocycles. The van der Waals surface area contributed by atoms with E-state index in [4.69, 9.17) is 4.74 Å². The summed E-state index contributed by atoms with van der Waals surface area (Å²) in [6.45, 7) is 5.15. The van der Waals surface area contributed by atoms with Gasteiger partial charge in [0.2, 0.25) is 5.91 Å². The Labute approximate surface area is 165 Å². The molecule has 1 aromatic heterocycles. The van der Waals surface area contributed by atoms with Gasteiger partial charge in [-0.3, -0.25) is 9.69 Å². The number of hydrogen-bond donors (Lipinski definition) is 1. The predicted molar refractivity (Wildman–Crippen MR) is 112 cm³/mol. The largest absolute Gasteiger partial charge is 0.497 e. The van der Waals surface area contributed by atoms with E-state index in [9.17, 15) is 4.79 Å². The van der Waals surface area contributed by atoms with Crippen molar-refractivity contribution in [3.05, 3.63) is 58.3 Å². The van der Waals surface area contributed by atoms with Crippen molar-refractivity contribution in [2.75, 3.05) is 26.7 Å². The molecule has 1 aromatic carbocycles. The summed E-state index contributed by atoms with van der Waals surface area (Å²) in [5, 5.41) is 5.20. The van der Waals surface area contributed by atoms with E-state index in [1.807, 2.05) is 30.3 Å². The van der Waals surface area contributed by atoms with Gasteiger partial charge in [0, 0.05) is 17.5 Å². The zero-order chi connectivity index (χ0) is 19.1. The molecular weight excluding hydrogens is 356 g/mol. The van der Waals surface area contributed by atoms with Crippen molar-refractivity contribution >= 4 is 23.3 Å². The molecule has 5 heteroatoms. The summed E-state index contributed by atoms with van der Waals surface area (Å²) >= 11 is 1.77.